The molecule has 0 fully saturated rings. The van der Waals surface area contributed by atoms with Crippen molar-refractivity contribution in [1.82, 2.24) is 0 Å². The Morgan fingerprint density at radius 3 is 2.37 bits per heavy atom. The van der Waals surface area contributed by atoms with Crippen molar-refractivity contribution >= 4 is 11.9 Å². The molecule has 1 aromatic rings. The van der Waals surface area contributed by atoms with Gasteiger partial charge in [0.25, 0.3) is 0 Å². The second-order valence-electron chi connectivity index (χ2n) is 7.64. The minimum Gasteiger partial charge on any atom is -0.466 e. The maximum Gasteiger partial charge on any atom is 0.343 e. The Hall–Kier alpha value is -2.21. The molecule has 1 aliphatic heterocycles. The second kappa shape index (κ2) is 8.21. The van der Waals surface area contributed by atoms with Gasteiger partial charge in [-0.05, 0) is 57.4 Å². The van der Waals surface area contributed by atoms with Gasteiger partial charge in [0.1, 0.15) is 17.5 Å². The number of hydrogen-bond donors (Lipinski definition) is 0. The summed E-state index contributed by atoms with van der Waals surface area (Å²) in [5, 5.41) is 0. The summed E-state index contributed by atoms with van der Waals surface area (Å²) in [5.74, 6) is -1.54. The van der Waals surface area contributed by atoms with E-state index in [-0.39, 0.29) is 5.57 Å². The van der Waals surface area contributed by atoms with Crippen molar-refractivity contribution in [2.24, 2.45) is 0 Å². The molecule has 1 aliphatic rings. The van der Waals surface area contributed by atoms with Crippen molar-refractivity contribution in [2.45, 2.75) is 64.3 Å². The number of methoxy groups -OCH3 is 1. The molecular formula is C21H27FO5. The molecule has 5 nitrogen and oxygen atoms in total. The summed E-state index contributed by atoms with van der Waals surface area (Å²) in [7, 11) is 1.27. The quantitative estimate of drug-likeness (QED) is 0.692. The van der Waals surface area contributed by atoms with E-state index >= 15 is 0 Å². The van der Waals surface area contributed by atoms with Gasteiger partial charge in [0.05, 0.1) is 12.7 Å². The van der Waals surface area contributed by atoms with E-state index in [1.54, 1.807) is 20.8 Å². The standard InChI is InChI=1S/C21H27FO5/c1-6-7-12-21(19(24)27-20(2,3)4)13-16(18(23)25-5)17(26-21)14-8-10-15(22)11-9-14/h8-11,13,17H,6-7,12H2,1-5H3/t17-,21-/m1/s1. The summed E-state index contributed by atoms with van der Waals surface area (Å²) in [6, 6.07) is 5.63. The lowest BCUT2D eigenvalue weighted by molar-refractivity contribution is -0.180. The molecule has 148 valence electrons. The number of benzene rings is 1. The van der Waals surface area contributed by atoms with Gasteiger partial charge in [0.15, 0.2) is 5.60 Å². The highest BCUT2D eigenvalue weighted by Crippen LogP contribution is 2.43. The average Bonchev–Trinajstić information content (AvgIpc) is 3.00. The van der Waals surface area contributed by atoms with E-state index in [1.807, 2.05) is 6.92 Å². The third-order valence-corrected chi connectivity index (χ3v) is 4.24. The molecule has 0 spiro atoms. The molecule has 0 saturated carbocycles. The Kier molecular flexibility index (Phi) is 6.42. The van der Waals surface area contributed by atoms with Gasteiger partial charge in [-0.2, -0.15) is 0 Å². The van der Waals surface area contributed by atoms with E-state index < -0.39 is 35.1 Å². The van der Waals surface area contributed by atoms with Crippen LogP contribution in [0.5, 0.6) is 0 Å². The zero-order valence-corrected chi connectivity index (χ0v) is 16.5. The Bertz CT molecular complexity index is 717. The van der Waals surface area contributed by atoms with Gasteiger partial charge < -0.3 is 14.2 Å². The molecule has 0 aromatic heterocycles. The summed E-state index contributed by atoms with van der Waals surface area (Å²) >= 11 is 0. The average molecular weight is 378 g/mol. The molecule has 0 aliphatic carbocycles. The van der Waals surface area contributed by atoms with E-state index in [0.29, 0.717) is 18.4 Å². The van der Waals surface area contributed by atoms with Crippen molar-refractivity contribution in [2.75, 3.05) is 7.11 Å². The Labute approximate surface area is 159 Å². The number of esters is 2. The molecule has 0 amide bonds. The second-order valence-corrected chi connectivity index (χ2v) is 7.64. The monoisotopic (exact) mass is 378 g/mol. The molecule has 6 heteroatoms. The summed E-state index contributed by atoms with van der Waals surface area (Å²) in [5.41, 5.74) is -1.31. The van der Waals surface area contributed by atoms with Gasteiger partial charge in [-0.15, -0.1) is 0 Å². The minimum atomic E-state index is -1.38. The maximum atomic E-state index is 13.3. The molecule has 27 heavy (non-hydrogen) atoms. The van der Waals surface area contributed by atoms with E-state index in [9.17, 15) is 14.0 Å². The molecule has 1 heterocycles. The molecule has 2 rings (SSSR count). The van der Waals surface area contributed by atoms with Crippen LogP contribution in [0.1, 0.15) is 58.6 Å². The van der Waals surface area contributed by atoms with Gasteiger partial charge in [-0.3, -0.25) is 0 Å². The van der Waals surface area contributed by atoms with Gasteiger partial charge in [-0.1, -0.05) is 25.5 Å². The lowest BCUT2D eigenvalue weighted by Gasteiger charge is -2.31. The van der Waals surface area contributed by atoms with Crippen LogP contribution in [-0.2, 0) is 23.8 Å². The van der Waals surface area contributed by atoms with Crippen LogP contribution in [0.2, 0.25) is 0 Å². The van der Waals surface area contributed by atoms with E-state index in [1.165, 1.54) is 37.5 Å². The highest BCUT2D eigenvalue weighted by atomic mass is 19.1. The number of hydrogen-bond acceptors (Lipinski definition) is 5. The highest BCUT2D eigenvalue weighted by molar-refractivity contribution is 5.94. The van der Waals surface area contributed by atoms with Crippen LogP contribution < -0.4 is 0 Å². The molecule has 0 bridgehead atoms. The van der Waals surface area contributed by atoms with Crippen molar-refractivity contribution in [3.63, 3.8) is 0 Å². The van der Waals surface area contributed by atoms with Crippen molar-refractivity contribution in [3.8, 4) is 0 Å². The first kappa shape index (κ1) is 21.1. The van der Waals surface area contributed by atoms with Crippen LogP contribution in [0.15, 0.2) is 35.9 Å². The molecular weight excluding hydrogens is 351 g/mol. The summed E-state index contributed by atoms with van der Waals surface area (Å²) in [6.07, 6.45) is 2.60. The van der Waals surface area contributed by atoms with Crippen molar-refractivity contribution in [3.05, 3.63) is 47.3 Å². The van der Waals surface area contributed by atoms with Crippen LogP contribution in [0.3, 0.4) is 0 Å². The minimum absolute atomic E-state index is 0.214. The van der Waals surface area contributed by atoms with Gasteiger partial charge in [0, 0.05) is 0 Å². The first-order chi connectivity index (χ1) is 12.6. The number of rotatable bonds is 6. The number of unbranched alkanes of at least 4 members (excludes halogenated alkanes) is 1. The zero-order valence-electron chi connectivity index (χ0n) is 16.5. The fourth-order valence-electron chi connectivity index (χ4n) is 2.95. The largest absolute Gasteiger partial charge is 0.466 e. The number of carbonyl (C=O) groups is 2. The summed E-state index contributed by atoms with van der Waals surface area (Å²) in [6.45, 7) is 7.32. The molecule has 0 unspecified atom stereocenters. The molecule has 0 radical (unpaired) electrons. The molecule has 1 aromatic carbocycles. The summed E-state index contributed by atoms with van der Waals surface area (Å²) < 4.78 is 29.9. The number of carbonyl (C=O) groups excluding carboxylic acids is 2. The fourth-order valence-corrected chi connectivity index (χ4v) is 2.95. The van der Waals surface area contributed by atoms with Crippen molar-refractivity contribution in [1.29, 1.82) is 0 Å². The van der Waals surface area contributed by atoms with Crippen LogP contribution >= 0.6 is 0 Å². The fraction of sp³-hybridized carbons (Fsp3) is 0.524. The SMILES string of the molecule is CCCC[C@]1(C(=O)OC(C)(C)C)C=C(C(=O)OC)[C@@H](c2ccc(F)cc2)O1. The zero-order chi connectivity index (χ0) is 20.2. The third kappa shape index (κ3) is 4.95. The van der Waals surface area contributed by atoms with Gasteiger partial charge in [0.2, 0.25) is 0 Å². The van der Waals surface area contributed by atoms with E-state index in [2.05, 4.69) is 0 Å². The molecule has 0 saturated heterocycles. The lowest BCUT2D eigenvalue weighted by atomic mass is 9.94. The Morgan fingerprint density at radius 1 is 1.22 bits per heavy atom. The first-order valence-corrected chi connectivity index (χ1v) is 9.09. The lowest BCUT2D eigenvalue weighted by Crippen LogP contribution is -2.42. The smallest absolute Gasteiger partial charge is 0.343 e. The Morgan fingerprint density at radius 2 is 1.85 bits per heavy atom. The predicted molar refractivity (Wildman–Crippen MR) is 98.4 cm³/mol. The van der Waals surface area contributed by atoms with E-state index in [0.717, 1.165) is 6.42 Å². The van der Waals surface area contributed by atoms with Gasteiger partial charge >= 0.3 is 11.9 Å². The molecule has 0 N–H and O–H groups in total. The van der Waals surface area contributed by atoms with Gasteiger partial charge in [-0.25, -0.2) is 14.0 Å². The third-order valence-electron chi connectivity index (χ3n) is 4.24. The Balaban J connectivity index is 2.47. The topological polar surface area (TPSA) is 61.8 Å². The maximum absolute atomic E-state index is 13.3. The van der Waals surface area contributed by atoms with Crippen LogP contribution in [0, 0.1) is 5.82 Å². The normalized spacial score (nSPS) is 22.3. The highest BCUT2D eigenvalue weighted by Gasteiger charge is 2.50. The van der Waals surface area contributed by atoms with E-state index in [4.69, 9.17) is 14.2 Å². The van der Waals surface area contributed by atoms with Crippen LogP contribution in [-0.4, -0.2) is 30.3 Å². The summed E-state index contributed by atoms with van der Waals surface area (Å²) in [4.78, 5) is 25.3. The number of halogens is 1. The molecule has 2 atom stereocenters. The predicted octanol–water partition coefficient (Wildman–Crippen LogP) is 4.27. The van der Waals surface area contributed by atoms with Crippen LogP contribution in [0.4, 0.5) is 4.39 Å². The van der Waals surface area contributed by atoms with Crippen molar-refractivity contribution < 1.29 is 28.2 Å². The number of ether oxygens (including phenoxy) is 3. The first-order valence-electron chi connectivity index (χ1n) is 9.09. The van der Waals surface area contributed by atoms with Crippen LogP contribution in [0.25, 0.3) is 0 Å².